The Hall–Kier alpha value is -3.31. The first-order valence-corrected chi connectivity index (χ1v) is 13.0. The van der Waals surface area contributed by atoms with Crippen LogP contribution in [0.4, 0.5) is 5.69 Å². The van der Waals surface area contributed by atoms with Gasteiger partial charge in [-0.2, -0.15) is 8.42 Å². The number of fused-ring (bicyclic) bond motifs is 2. The fraction of sp³-hybridized carbons (Fsp3) is 0.200. The van der Waals surface area contributed by atoms with E-state index < -0.39 is 37.7 Å². The number of aromatic hydroxyl groups is 1. The van der Waals surface area contributed by atoms with Crippen molar-refractivity contribution in [3.05, 3.63) is 74.3 Å². The quantitative estimate of drug-likeness (QED) is 0.248. The fourth-order valence-electron chi connectivity index (χ4n) is 4.43. The molecule has 0 fully saturated rings. The average Bonchev–Trinajstić information content (AvgIpc) is 2.80. The van der Waals surface area contributed by atoms with Gasteiger partial charge in [-0.15, -0.1) is 0 Å². The summed E-state index contributed by atoms with van der Waals surface area (Å²) in [5.41, 5.74) is 0.552. The predicted octanol–water partition coefficient (Wildman–Crippen LogP) is 5.11. The first-order chi connectivity index (χ1) is 17.1. The molecule has 37 heavy (non-hydrogen) atoms. The monoisotopic (exact) mass is 563 g/mol. The number of carboxylic acid groups (broad SMARTS) is 1. The highest BCUT2D eigenvalue weighted by molar-refractivity contribution is 7.86. The molecule has 4 rings (SSSR count). The van der Waals surface area contributed by atoms with E-state index in [4.69, 9.17) is 28.3 Å². The summed E-state index contributed by atoms with van der Waals surface area (Å²) in [6, 6.07) is 4.23. The van der Waals surface area contributed by atoms with Gasteiger partial charge in [-0.05, 0) is 48.4 Å². The first kappa shape index (κ1) is 26.7. The number of phenols is 1. The summed E-state index contributed by atoms with van der Waals surface area (Å²) in [5, 5.41) is 19.3. The van der Waals surface area contributed by atoms with Crippen molar-refractivity contribution in [1.29, 1.82) is 0 Å². The minimum atomic E-state index is -4.89. The van der Waals surface area contributed by atoms with Gasteiger partial charge in [0.05, 0.1) is 27.0 Å². The van der Waals surface area contributed by atoms with Crippen molar-refractivity contribution in [3.8, 4) is 5.75 Å². The molecular formula is C25H19Cl2NO8S. The van der Waals surface area contributed by atoms with Gasteiger partial charge in [0.1, 0.15) is 4.90 Å². The van der Waals surface area contributed by atoms with E-state index in [2.05, 4.69) is 4.99 Å². The molecule has 0 radical (unpaired) electrons. The molecule has 0 amide bonds. The maximum Gasteiger partial charge on any atom is 0.335 e. The van der Waals surface area contributed by atoms with Crippen LogP contribution < -0.4 is 0 Å². The summed E-state index contributed by atoms with van der Waals surface area (Å²) in [6.45, 7) is 3.64. The Morgan fingerprint density at radius 2 is 1.78 bits per heavy atom. The van der Waals surface area contributed by atoms with Crippen LogP contribution in [0.5, 0.6) is 5.75 Å². The number of hydrogen-bond acceptors (Lipinski definition) is 7. The van der Waals surface area contributed by atoms with Crippen molar-refractivity contribution in [2.75, 3.05) is 0 Å². The molecule has 1 heterocycles. The highest BCUT2D eigenvalue weighted by Gasteiger charge is 2.39. The van der Waals surface area contributed by atoms with E-state index in [1.165, 1.54) is 18.2 Å². The predicted molar refractivity (Wildman–Crippen MR) is 136 cm³/mol. The second-order valence-corrected chi connectivity index (χ2v) is 11.2. The van der Waals surface area contributed by atoms with Crippen LogP contribution in [0.15, 0.2) is 57.5 Å². The molecule has 0 saturated carbocycles. The van der Waals surface area contributed by atoms with E-state index >= 15 is 0 Å². The molecule has 0 saturated heterocycles. The summed E-state index contributed by atoms with van der Waals surface area (Å²) in [6.07, 6.45) is 2.54. The van der Waals surface area contributed by atoms with Crippen LogP contribution in [0.25, 0.3) is 0 Å². The molecule has 2 aliphatic rings. The van der Waals surface area contributed by atoms with Crippen molar-refractivity contribution in [1.82, 2.24) is 0 Å². The Kier molecular flexibility index (Phi) is 6.66. The van der Waals surface area contributed by atoms with Gasteiger partial charge in [0.25, 0.3) is 10.1 Å². The lowest BCUT2D eigenvalue weighted by Gasteiger charge is -2.36. The minimum absolute atomic E-state index is 0.0153. The molecule has 12 heteroatoms. The van der Waals surface area contributed by atoms with Crippen molar-refractivity contribution >= 4 is 62.3 Å². The number of aromatic carboxylic acids is 1. The molecule has 1 aliphatic carbocycles. The third kappa shape index (κ3) is 4.73. The van der Waals surface area contributed by atoms with Gasteiger partial charge < -0.3 is 10.2 Å². The normalized spacial score (nSPS) is 16.2. The molecule has 0 aromatic heterocycles. The number of phenolic OH excluding ortho intramolecular Hbond substituents is 1. The topological polar surface area (TPSA) is 158 Å². The lowest BCUT2D eigenvalue weighted by molar-refractivity contribution is -0.111. The fourth-order valence-corrected chi connectivity index (χ4v) is 5.84. The van der Waals surface area contributed by atoms with Gasteiger partial charge >= 0.3 is 5.97 Å². The number of ketones is 2. The molecule has 192 valence electrons. The maximum atomic E-state index is 12.9. The number of carboxylic acids is 1. The second kappa shape index (κ2) is 9.21. The number of allylic oxidation sites excluding steroid dienone is 4. The van der Waals surface area contributed by atoms with Crippen LogP contribution in [0, 0.1) is 0 Å². The molecule has 1 aliphatic heterocycles. The number of carbonyl (C=O) groups is 3. The second-order valence-electron chi connectivity index (χ2n) is 9.04. The summed E-state index contributed by atoms with van der Waals surface area (Å²) in [7, 11) is -4.89. The Morgan fingerprint density at radius 3 is 2.41 bits per heavy atom. The number of hydrogen-bond donors (Lipinski definition) is 3. The molecule has 0 unspecified atom stereocenters. The molecule has 2 aromatic rings. The van der Waals surface area contributed by atoms with Gasteiger partial charge in [0, 0.05) is 28.5 Å². The highest BCUT2D eigenvalue weighted by Crippen LogP contribution is 2.51. The van der Waals surface area contributed by atoms with Crippen LogP contribution in [0.3, 0.4) is 0 Å². The van der Waals surface area contributed by atoms with Gasteiger partial charge in [-0.3, -0.25) is 14.1 Å². The third-order valence-corrected chi connectivity index (χ3v) is 7.87. The molecular weight excluding hydrogens is 545 g/mol. The summed E-state index contributed by atoms with van der Waals surface area (Å²) < 4.78 is 33.0. The summed E-state index contributed by atoms with van der Waals surface area (Å²) in [5.74, 6) is -2.81. The first-order valence-electron chi connectivity index (χ1n) is 10.8. The standard InChI is InChI=1S/C25H19Cl2NO8S/c1-25(2)14-9-19(30)11(7-16(14)28-17-10-15(26)23(31)22(27)21(17)25)4-6-18(29)13-5-3-12(24(32)33)8-20(13)37(34,35)36/h3,5,7-10,31H,4,6H2,1-2H3,(H,32,33)(H,34,35,36). The van der Waals surface area contributed by atoms with Crippen LogP contribution in [-0.4, -0.2) is 46.4 Å². The zero-order chi connectivity index (χ0) is 27.4. The molecule has 9 nitrogen and oxygen atoms in total. The van der Waals surface area contributed by atoms with E-state index in [-0.39, 0.29) is 45.6 Å². The van der Waals surface area contributed by atoms with Crippen LogP contribution >= 0.6 is 23.2 Å². The van der Waals surface area contributed by atoms with Crippen molar-refractivity contribution < 1.29 is 37.6 Å². The Labute approximate surface area is 221 Å². The van der Waals surface area contributed by atoms with E-state index in [0.29, 0.717) is 28.6 Å². The van der Waals surface area contributed by atoms with Crippen LogP contribution in [-0.2, 0) is 20.3 Å². The Balaban J connectivity index is 1.67. The lowest BCUT2D eigenvalue weighted by atomic mass is 9.70. The number of rotatable bonds is 6. The number of aliphatic imine (C=N–C) groups is 1. The molecule has 0 spiro atoms. The number of halogens is 2. The zero-order valence-electron chi connectivity index (χ0n) is 19.4. The third-order valence-electron chi connectivity index (χ3n) is 6.32. The maximum absolute atomic E-state index is 12.9. The van der Waals surface area contributed by atoms with Gasteiger partial charge in [0.15, 0.2) is 17.3 Å². The number of carbonyl (C=O) groups excluding carboxylic acids is 2. The molecule has 0 bridgehead atoms. The SMILES string of the molecule is CC1(C)C2=CC(=O)C(CCC(=O)c3ccc(C(=O)O)cc3S(=O)(=O)O)=CC2=Nc2cc(Cl)c(O)c(Cl)c21. The van der Waals surface area contributed by atoms with E-state index in [0.717, 1.165) is 12.1 Å². The molecule has 2 aromatic carbocycles. The van der Waals surface area contributed by atoms with Crippen LogP contribution in [0.2, 0.25) is 10.0 Å². The Bertz CT molecular complexity index is 1620. The smallest absolute Gasteiger partial charge is 0.335 e. The molecule has 3 N–H and O–H groups in total. The van der Waals surface area contributed by atoms with Gasteiger partial charge in [-0.1, -0.05) is 37.0 Å². The number of Topliss-reactive ketones (excluding diaryl/α,β-unsaturated/α-hetero) is 1. The lowest BCUT2D eigenvalue weighted by Crippen LogP contribution is -2.32. The van der Waals surface area contributed by atoms with Crippen molar-refractivity contribution in [2.24, 2.45) is 4.99 Å². The van der Waals surface area contributed by atoms with Crippen molar-refractivity contribution in [3.63, 3.8) is 0 Å². The minimum Gasteiger partial charge on any atom is -0.505 e. The number of benzene rings is 2. The van der Waals surface area contributed by atoms with E-state index in [9.17, 15) is 32.5 Å². The zero-order valence-corrected chi connectivity index (χ0v) is 21.7. The number of nitrogens with zero attached hydrogens (tertiary/aromatic N) is 1. The van der Waals surface area contributed by atoms with Gasteiger partial charge in [0.2, 0.25) is 0 Å². The van der Waals surface area contributed by atoms with Crippen molar-refractivity contribution in [2.45, 2.75) is 37.0 Å². The van der Waals surface area contributed by atoms with E-state index in [1.54, 1.807) is 0 Å². The Morgan fingerprint density at radius 1 is 1.11 bits per heavy atom. The van der Waals surface area contributed by atoms with Gasteiger partial charge in [-0.25, -0.2) is 9.79 Å². The average molecular weight is 564 g/mol. The summed E-state index contributed by atoms with van der Waals surface area (Å²) >= 11 is 12.4. The summed E-state index contributed by atoms with van der Waals surface area (Å²) in [4.78, 5) is 40.7. The highest BCUT2D eigenvalue weighted by atomic mass is 35.5. The van der Waals surface area contributed by atoms with E-state index in [1.807, 2.05) is 13.8 Å². The van der Waals surface area contributed by atoms with Crippen LogP contribution in [0.1, 0.15) is 53.0 Å². The molecule has 0 atom stereocenters. The largest absolute Gasteiger partial charge is 0.505 e.